The molecular weight excluding hydrogens is 174 g/mol. The van der Waals surface area contributed by atoms with E-state index in [0.29, 0.717) is 16.9 Å². The van der Waals surface area contributed by atoms with Gasteiger partial charge in [0.25, 0.3) is 5.92 Å². The van der Waals surface area contributed by atoms with Crippen molar-refractivity contribution in [2.75, 3.05) is 7.11 Å². The normalized spacial score (nSPS) is 18.4. The van der Waals surface area contributed by atoms with Crippen LogP contribution in [0.15, 0.2) is 18.2 Å². The first-order chi connectivity index (χ1) is 6.12. The predicted molar refractivity (Wildman–Crippen MR) is 45.3 cm³/mol. The van der Waals surface area contributed by atoms with Gasteiger partial charge < -0.3 is 4.74 Å². The van der Waals surface area contributed by atoms with E-state index in [9.17, 15) is 8.78 Å². The molecule has 0 unspecified atom stereocenters. The molecular formula is C10H10F2O. The van der Waals surface area contributed by atoms with Crippen molar-refractivity contribution in [1.82, 2.24) is 0 Å². The average Bonchev–Trinajstić information content (AvgIpc) is 2.37. The molecule has 1 aliphatic carbocycles. The molecule has 0 aliphatic heterocycles. The Kier molecular flexibility index (Phi) is 1.75. The Labute approximate surface area is 75.3 Å². The van der Waals surface area contributed by atoms with Crippen LogP contribution in [0.2, 0.25) is 0 Å². The predicted octanol–water partition coefficient (Wildman–Crippen LogP) is 2.43. The highest BCUT2D eigenvalue weighted by Gasteiger charge is 2.38. The van der Waals surface area contributed by atoms with E-state index >= 15 is 0 Å². The Bertz CT molecular complexity index is 334. The summed E-state index contributed by atoms with van der Waals surface area (Å²) in [5.41, 5.74) is 1.37. The highest BCUT2D eigenvalue weighted by Crippen LogP contribution is 2.38. The molecule has 1 aromatic rings. The van der Waals surface area contributed by atoms with Crippen LogP contribution in [-0.2, 0) is 12.8 Å². The van der Waals surface area contributed by atoms with Gasteiger partial charge in [0.05, 0.1) is 7.11 Å². The molecule has 0 amide bonds. The average molecular weight is 184 g/mol. The fraction of sp³-hybridized carbons (Fsp3) is 0.400. The van der Waals surface area contributed by atoms with Crippen LogP contribution in [0.5, 0.6) is 5.75 Å². The largest absolute Gasteiger partial charge is 0.496 e. The number of hydrogen-bond acceptors (Lipinski definition) is 1. The van der Waals surface area contributed by atoms with Gasteiger partial charge in [0.2, 0.25) is 0 Å². The maximum atomic E-state index is 13.0. The number of benzene rings is 1. The minimum atomic E-state index is -2.59. The van der Waals surface area contributed by atoms with Crippen molar-refractivity contribution >= 4 is 0 Å². The number of ether oxygens (including phenoxy) is 1. The van der Waals surface area contributed by atoms with Crippen molar-refractivity contribution in [2.45, 2.75) is 18.8 Å². The second kappa shape index (κ2) is 2.69. The van der Waals surface area contributed by atoms with Crippen LogP contribution >= 0.6 is 0 Å². The fourth-order valence-electron chi connectivity index (χ4n) is 1.77. The van der Waals surface area contributed by atoms with Crippen LogP contribution in [0.3, 0.4) is 0 Å². The van der Waals surface area contributed by atoms with Gasteiger partial charge >= 0.3 is 0 Å². The van der Waals surface area contributed by atoms with Gasteiger partial charge in [-0.05, 0) is 11.6 Å². The standard InChI is InChI=1S/C10H10F2O/c1-13-9-4-2-3-7-5-10(11,12)6-8(7)9/h2-4H,5-6H2,1H3. The summed E-state index contributed by atoms with van der Waals surface area (Å²) in [6.45, 7) is 0. The minimum Gasteiger partial charge on any atom is -0.496 e. The van der Waals surface area contributed by atoms with E-state index in [4.69, 9.17) is 4.74 Å². The van der Waals surface area contributed by atoms with E-state index in [-0.39, 0.29) is 12.8 Å². The molecule has 0 saturated carbocycles. The Morgan fingerprint density at radius 2 is 2.08 bits per heavy atom. The van der Waals surface area contributed by atoms with E-state index in [2.05, 4.69) is 0 Å². The lowest BCUT2D eigenvalue weighted by Gasteiger charge is -2.06. The number of alkyl halides is 2. The highest BCUT2D eigenvalue weighted by molar-refractivity contribution is 5.44. The van der Waals surface area contributed by atoms with Gasteiger partial charge in [-0.25, -0.2) is 8.78 Å². The maximum Gasteiger partial charge on any atom is 0.256 e. The summed E-state index contributed by atoms with van der Waals surface area (Å²) in [6.07, 6.45) is -0.341. The zero-order valence-electron chi connectivity index (χ0n) is 7.31. The Hall–Kier alpha value is -1.12. The van der Waals surface area contributed by atoms with Crippen LogP contribution in [0.4, 0.5) is 8.78 Å². The number of fused-ring (bicyclic) bond motifs is 1. The van der Waals surface area contributed by atoms with E-state index < -0.39 is 5.92 Å². The molecule has 1 aromatic carbocycles. The fourth-order valence-corrected chi connectivity index (χ4v) is 1.77. The van der Waals surface area contributed by atoms with E-state index in [1.807, 2.05) is 0 Å². The van der Waals surface area contributed by atoms with Gasteiger partial charge in [-0.1, -0.05) is 12.1 Å². The van der Waals surface area contributed by atoms with Gasteiger partial charge in [0, 0.05) is 18.4 Å². The lowest BCUT2D eigenvalue weighted by Crippen LogP contribution is -2.14. The second-order valence-electron chi connectivity index (χ2n) is 3.31. The molecule has 13 heavy (non-hydrogen) atoms. The molecule has 1 nitrogen and oxygen atoms in total. The first-order valence-electron chi connectivity index (χ1n) is 4.15. The van der Waals surface area contributed by atoms with Crippen LogP contribution in [0, 0.1) is 0 Å². The monoisotopic (exact) mass is 184 g/mol. The Morgan fingerprint density at radius 1 is 1.31 bits per heavy atom. The molecule has 0 N–H and O–H groups in total. The van der Waals surface area contributed by atoms with Crippen LogP contribution in [-0.4, -0.2) is 13.0 Å². The number of rotatable bonds is 1. The SMILES string of the molecule is COc1cccc2c1CC(F)(F)C2. The molecule has 1 aliphatic rings. The number of hydrogen-bond donors (Lipinski definition) is 0. The zero-order valence-corrected chi connectivity index (χ0v) is 7.31. The van der Waals surface area contributed by atoms with E-state index in [1.165, 1.54) is 7.11 Å². The van der Waals surface area contributed by atoms with Crippen LogP contribution in [0.25, 0.3) is 0 Å². The molecule has 2 rings (SSSR count). The van der Waals surface area contributed by atoms with Crippen molar-refractivity contribution < 1.29 is 13.5 Å². The Balaban J connectivity index is 2.45. The van der Waals surface area contributed by atoms with Crippen LogP contribution < -0.4 is 4.74 Å². The summed E-state index contributed by atoms with van der Waals surface area (Å²) >= 11 is 0. The van der Waals surface area contributed by atoms with Crippen molar-refractivity contribution in [2.24, 2.45) is 0 Å². The van der Waals surface area contributed by atoms with Gasteiger partial charge in [-0.15, -0.1) is 0 Å². The highest BCUT2D eigenvalue weighted by atomic mass is 19.3. The molecule has 0 heterocycles. The van der Waals surface area contributed by atoms with Gasteiger partial charge in [0.1, 0.15) is 5.75 Å². The molecule has 0 aromatic heterocycles. The zero-order chi connectivity index (χ0) is 9.47. The molecule has 0 spiro atoms. The van der Waals surface area contributed by atoms with Crippen molar-refractivity contribution in [3.05, 3.63) is 29.3 Å². The first kappa shape index (κ1) is 8.48. The lowest BCUT2D eigenvalue weighted by atomic mass is 10.1. The third-order valence-electron chi connectivity index (χ3n) is 2.33. The van der Waals surface area contributed by atoms with Crippen molar-refractivity contribution in [3.63, 3.8) is 0 Å². The van der Waals surface area contributed by atoms with E-state index in [1.54, 1.807) is 18.2 Å². The Morgan fingerprint density at radius 3 is 2.77 bits per heavy atom. The molecule has 0 atom stereocenters. The molecule has 0 fully saturated rings. The quantitative estimate of drug-likeness (QED) is 0.651. The lowest BCUT2D eigenvalue weighted by molar-refractivity contribution is 0.0128. The second-order valence-corrected chi connectivity index (χ2v) is 3.31. The third kappa shape index (κ3) is 1.39. The smallest absolute Gasteiger partial charge is 0.256 e. The van der Waals surface area contributed by atoms with Gasteiger partial charge in [-0.2, -0.15) is 0 Å². The first-order valence-corrected chi connectivity index (χ1v) is 4.15. The number of methoxy groups -OCH3 is 1. The van der Waals surface area contributed by atoms with Crippen molar-refractivity contribution in [3.8, 4) is 5.75 Å². The molecule has 3 heteroatoms. The topological polar surface area (TPSA) is 9.23 Å². The van der Waals surface area contributed by atoms with Crippen molar-refractivity contribution in [1.29, 1.82) is 0 Å². The minimum absolute atomic E-state index is 0.153. The van der Waals surface area contributed by atoms with Crippen LogP contribution in [0.1, 0.15) is 11.1 Å². The number of halogens is 2. The summed E-state index contributed by atoms with van der Waals surface area (Å²) < 4.78 is 31.0. The summed E-state index contributed by atoms with van der Waals surface area (Å²) in [5.74, 6) is -2.01. The maximum absolute atomic E-state index is 13.0. The molecule has 0 radical (unpaired) electrons. The molecule has 70 valence electrons. The summed E-state index contributed by atoms with van der Waals surface area (Å²) in [5, 5.41) is 0. The molecule has 0 saturated heterocycles. The summed E-state index contributed by atoms with van der Waals surface area (Å²) in [7, 11) is 1.51. The molecule has 0 bridgehead atoms. The van der Waals surface area contributed by atoms with Gasteiger partial charge in [0.15, 0.2) is 0 Å². The summed E-state index contributed by atoms with van der Waals surface area (Å²) in [6, 6.07) is 5.21. The summed E-state index contributed by atoms with van der Waals surface area (Å²) in [4.78, 5) is 0. The third-order valence-corrected chi connectivity index (χ3v) is 2.33. The van der Waals surface area contributed by atoms with E-state index in [0.717, 1.165) is 0 Å². The van der Waals surface area contributed by atoms with Gasteiger partial charge in [-0.3, -0.25) is 0 Å².